The van der Waals surface area contributed by atoms with Crippen LogP contribution in [0.15, 0.2) is 83.3 Å². The summed E-state index contributed by atoms with van der Waals surface area (Å²) < 4.78 is 8.29. The lowest BCUT2D eigenvalue weighted by Crippen LogP contribution is -2.20. The van der Waals surface area contributed by atoms with Crippen molar-refractivity contribution in [2.75, 3.05) is 12.4 Å². The number of allylic oxidation sites excluding steroid dienone is 1. The maximum absolute atomic E-state index is 5.31. The Balaban J connectivity index is 1.62. The van der Waals surface area contributed by atoms with Crippen molar-refractivity contribution in [3.05, 3.63) is 100 Å². The van der Waals surface area contributed by atoms with E-state index in [-0.39, 0.29) is 6.04 Å². The van der Waals surface area contributed by atoms with Crippen molar-refractivity contribution in [2.24, 2.45) is 0 Å². The first-order chi connectivity index (χ1) is 15.1. The molecule has 0 saturated heterocycles. The summed E-state index contributed by atoms with van der Waals surface area (Å²) in [5.74, 6) is 2.24. The summed E-state index contributed by atoms with van der Waals surface area (Å²) in [4.78, 5) is 4.83. The van der Waals surface area contributed by atoms with Crippen LogP contribution in [0.3, 0.4) is 0 Å². The highest BCUT2D eigenvalue weighted by Gasteiger charge is 2.26. The molecule has 0 spiro atoms. The Bertz CT molecular complexity index is 1260. The second-order valence-corrected chi connectivity index (χ2v) is 8.32. The van der Waals surface area contributed by atoms with Crippen molar-refractivity contribution in [1.82, 2.24) is 14.8 Å². The van der Waals surface area contributed by atoms with E-state index in [0.717, 1.165) is 32.6 Å². The van der Waals surface area contributed by atoms with Gasteiger partial charge in [-0.15, -0.1) is 5.10 Å². The highest BCUT2D eigenvalue weighted by atomic mass is 79.9. The lowest BCUT2D eigenvalue weighted by molar-refractivity contribution is 0.415. The van der Waals surface area contributed by atoms with Gasteiger partial charge < -0.3 is 10.1 Å². The molecule has 0 bridgehead atoms. The predicted molar refractivity (Wildman–Crippen MR) is 127 cm³/mol. The summed E-state index contributed by atoms with van der Waals surface area (Å²) in [6.45, 7) is 2.07. The maximum Gasteiger partial charge on any atom is 0.227 e. The zero-order valence-electron chi connectivity index (χ0n) is 17.2. The van der Waals surface area contributed by atoms with E-state index in [1.54, 1.807) is 7.11 Å². The van der Waals surface area contributed by atoms with Gasteiger partial charge in [0.15, 0.2) is 5.82 Å². The molecule has 6 heteroatoms. The Hall–Kier alpha value is -3.38. The van der Waals surface area contributed by atoms with Gasteiger partial charge in [0.1, 0.15) is 11.8 Å². The van der Waals surface area contributed by atoms with E-state index in [1.165, 1.54) is 5.56 Å². The number of nitrogens with zero attached hydrogens (tertiary/aromatic N) is 3. The molecular formula is C25H21BrN4O. The molecule has 1 aliphatic heterocycles. The second kappa shape index (κ2) is 8.04. The Kier molecular flexibility index (Phi) is 5.08. The van der Waals surface area contributed by atoms with Crippen LogP contribution in [0.25, 0.3) is 17.1 Å². The lowest BCUT2D eigenvalue weighted by atomic mass is 10.0. The highest BCUT2D eigenvalue weighted by Crippen LogP contribution is 2.36. The Morgan fingerprint density at radius 3 is 2.35 bits per heavy atom. The van der Waals surface area contributed by atoms with Crippen molar-refractivity contribution in [3.63, 3.8) is 0 Å². The van der Waals surface area contributed by atoms with Crippen LogP contribution in [-0.2, 0) is 0 Å². The predicted octanol–water partition coefficient (Wildman–Crippen LogP) is 6.08. The molecule has 1 atom stereocenters. The third-order valence-electron chi connectivity index (χ3n) is 5.40. The van der Waals surface area contributed by atoms with Crippen molar-refractivity contribution in [2.45, 2.75) is 13.0 Å². The molecule has 3 aromatic carbocycles. The molecule has 154 valence electrons. The van der Waals surface area contributed by atoms with Gasteiger partial charge in [-0.25, -0.2) is 4.68 Å². The number of halogens is 1. The first-order valence-electron chi connectivity index (χ1n) is 10.0. The zero-order chi connectivity index (χ0) is 21.4. The van der Waals surface area contributed by atoms with Crippen LogP contribution in [0.4, 0.5) is 5.95 Å². The van der Waals surface area contributed by atoms with E-state index in [9.17, 15) is 0 Å². The number of methoxy groups -OCH3 is 1. The number of aromatic nitrogens is 3. The van der Waals surface area contributed by atoms with Gasteiger partial charge in [0, 0.05) is 15.7 Å². The number of rotatable bonds is 4. The number of benzene rings is 3. The van der Waals surface area contributed by atoms with Gasteiger partial charge >= 0.3 is 0 Å². The molecule has 2 heterocycles. The third-order valence-corrected chi connectivity index (χ3v) is 6.12. The minimum absolute atomic E-state index is 0.101. The van der Waals surface area contributed by atoms with E-state index in [0.29, 0.717) is 11.8 Å². The summed E-state index contributed by atoms with van der Waals surface area (Å²) in [5, 5.41) is 8.33. The van der Waals surface area contributed by atoms with Crippen molar-refractivity contribution >= 4 is 27.6 Å². The Morgan fingerprint density at radius 1 is 0.935 bits per heavy atom. The van der Waals surface area contributed by atoms with Gasteiger partial charge in [-0.1, -0.05) is 64.0 Å². The first-order valence-corrected chi connectivity index (χ1v) is 10.8. The standard InChI is InChI=1S/C25H21BrN4O/c1-16-7-9-18(10-8-16)24-28-25-27-22(17-11-13-19(31-2)14-12-17)15-23(30(25)29-24)20-5-3-4-6-21(20)26/h3-15,23H,1-2H3,(H,27,28,29). The van der Waals surface area contributed by atoms with Gasteiger partial charge in [-0.05, 0) is 54.5 Å². The second-order valence-electron chi connectivity index (χ2n) is 7.47. The monoisotopic (exact) mass is 472 g/mol. The number of anilines is 1. The molecule has 4 aromatic rings. The molecule has 1 aromatic heterocycles. The van der Waals surface area contributed by atoms with Gasteiger partial charge in [0.25, 0.3) is 0 Å². The van der Waals surface area contributed by atoms with Crippen LogP contribution in [0.5, 0.6) is 5.75 Å². The number of hydrogen-bond donors (Lipinski definition) is 1. The highest BCUT2D eigenvalue weighted by molar-refractivity contribution is 9.10. The van der Waals surface area contributed by atoms with E-state index >= 15 is 0 Å². The molecule has 1 unspecified atom stereocenters. The summed E-state index contributed by atoms with van der Waals surface area (Å²) in [6.07, 6.45) is 2.18. The van der Waals surface area contributed by atoms with E-state index in [1.807, 2.05) is 41.1 Å². The lowest BCUT2D eigenvalue weighted by Gasteiger charge is -2.25. The van der Waals surface area contributed by atoms with Crippen LogP contribution in [0, 0.1) is 6.92 Å². The number of ether oxygens (including phenoxy) is 1. The molecule has 5 nitrogen and oxygen atoms in total. The average molecular weight is 473 g/mol. The Morgan fingerprint density at radius 2 is 1.65 bits per heavy atom. The largest absolute Gasteiger partial charge is 0.497 e. The van der Waals surface area contributed by atoms with Crippen LogP contribution < -0.4 is 10.1 Å². The third kappa shape index (κ3) is 3.75. The Labute approximate surface area is 189 Å². The van der Waals surface area contributed by atoms with E-state index in [2.05, 4.69) is 70.6 Å². The molecular weight excluding hydrogens is 452 g/mol. The van der Waals surface area contributed by atoms with Crippen molar-refractivity contribution in [1.29, 1.82) is 0 Å². The maximum atomic E-state index is 5.31. The molecule has 0 aliphatic carbocycles. The zero-order valence-corrected chi connectivity index (χ0v) is 18.8. The van der Waals surface area contributed by atoms with Crippen LogP contribution in [0.1, 0.15) is 22.7 Å². The summed E-state index contributed by atoms with van der Waals surface area (Å²) >= 11 is 3.71. The van der Waals surface area contributed by atoms with Gasteiger partial charge in [0.05, 0.1) is 7.11 Å². The molecule has 31 heavy (non-hydrogen) atoms. The van der Waals surface area contributed by atoms with Crippen LogP contribution >= 0.6 is 15.9 Å². The van der Waals surface area contributed by atoms with E-state index < -0.39 is 0 Å². The van der Waals surface area contributed by atoms with Crippen LogP contribution in [-0.4, -0.2) is 21.9 Å². The molecule has 0 fully saturated rings. The summed E-state index contributed by atoms with van der Waals surface area (Å²) in [5.41, 5.74) is 5.37. The van der Waals surface area contributed by atoms with E-state index in [4.69, 9.17) is 14.8 Å². The summed E-state index contributed by atoms with van der Waals surface area (Å²) in [6, 6.07) is 24.4. The summed E-state index contributed by atoms with van der Waals surface area (Å²) in [7, 11) is 1.67. The quantitative estimate of drug-likeness (QED) is 0.390. The van der Waals surface area contributed by atoms with Crippen molar-refractivity contribution < 1.29 is 4.74 Å². The average Bonchev–Trinajstić information content (AvgIpc) is 3.24. The fourth-order valence-electron chi connectivity index (χ4n) is 3.69. The van der Waals surface area contributed by atoms with Gasteiger partial charge in [-0.3, -0.25) is 0 Å². The number of nitrogens with one attached hydrogen (secondary N) is 1. The topological polar surface area (TPSA) is 52.0 Å². The molecule has 1 N–H and O–H groups in total. The number of aryl methyl sites for hydroxylation is 1. The molecule has 0 amide bonds. The number of fused-ring (bicyclic) bond motifs is 1. The van der Waals surface area contributed by atoms with Crippen molar-refractivity contribution in [3.8, 4) is 17.1 Å². The molecule has 0 saturated carbocycles. The molecule has 0 radical (unpaired) electrons. The normalized spacial score (nSPS) is 15.1. The van der Waals surface area contributed by atoms with Gasteiger partial charge in [-0.2, -0.15) is 4.98 Å². The minimum Gasteiger partial charge on any atom is -0.497 e. The fraction of sp³-hybridized carbons (Fsp3) is 0.120. The van der Waals surface area contributed by atoms with Crippen LogP contribution in [0.2, 0.25) is 0 Å². The fourth-order valence-corrected chi connectivity index (χ4v) is 4.21. The molecule has 1 aliphatic rings. The molecule has 5 rings (SSSR count). The van der Waals surface area contributed by atoms with Gasteiger partial charge in [0.2, 0.25) is 5.95 Å². The smallest absolute Gasteiger partial charge is 0.227 e. The minimum atomic E-state index is -0.101. The SMILES string of the molecule is COc1ccc(C2=CC(c3ccccc3Br)n3nc(-c4ccc(C)cc4)nc3N2)cc1. The number of hydrogen-bond acceptors (Lipinski definition) is 4. The first kappa shape index (κ1) is 19.6.